The van der Waals surface area contributed by atoms with Crippen LogP contribution in [0.1, 0.15) is 11.3 Å². The van der Waals surface area contributed by atoms with Crippen LogP contribution in [0.3, 0.4) is 0 Å². The van der Waals surface area contributed by atoms with Gasteiger partial charge in [-0.05, 0) is 42.0 Å². The first-order valence-electron chi connectivity index (χ1n) is 9.03. The average molecular weight is 377 g/mol. The van der Waals surface area contributed by atoms with Gasteiger partial charge in [-0.2, -0.15) is 0 Å². The van der Waals surface area contributed by atoms with Crippen molar-refractivity contribution in [2.75, 3.05) is 13.2 Å². The van der Waals surface area contributed by atoms with Crippen LogP contribution < -0.4 is 5.56 Å². The summed E-state index contributed by atoms with van der Waals surface area (Å²) in [5.74, 6) is 0.135. The predicted molar refractivity (Wildman–Crippen MR) is 104 cm³/mol. The fourth-order valence-electron chi connectivity index (χ4n) is 3.12. The lowest BCUT2D eigenvalue weighted by molar-refractivity contribution is -0.114. The summed E-state index contributed by atoms with van der Waals surface area (Å²) in [5, 5.41) is 0.935. The summed E-state index contributed by atoms with van der Waals surface area (Å²) in [6.07, 6.45) is 6.91. The van der Waals surface area contributed by atoms with E-state index < -0.39 is 0 Å². The lowest BCUT2D eigenvalue weighted by atomic mass is 10.0. The highest BCUT2D eigenvalue weighted by Crippen LogP contribution is 2.13. The molecular weight excluding hydrogens is 358 g/mol. The predicted octanol–water partition coefficient (Wildman–Crippen LogP) is 1.99. The summed E-state index contributed by atoms with van der Waals surface area (Å²) in [6.45, 7) is 1.54. The van der Waals surface area contributed by atoms with Crippen molar-refractivity contribution in [1.29, 1.82) is 0 Å². The second-order valence-corrected chi connectivity index (χ2v) is 6.39. The number of nitrogens with zero attached hydrogens (tertiary/aromatic N) is 3. The van der Waals surface area contributed by atoms with Crippen molar-refractivity contribution in [2.24, 2.45) is 0 Å². The molecule has 7 heteroatoms. The van der Waals surface area contributed by atoms with E-state index in [1.165, 1.54) is 0 Å². The van der Waals surface area contributed by atoms with Crippen LogP contribution in [0.4, 0.5) is 0 Å². The summed E-state index contributed by atoms with van der Waals surface area (Å²) in [5.41, 5.74) is 2.53. The lowest BCUT2D eigenvalue weighted by Gasteiger charge is -2.12. The van der Waals surface area contributed by atoms with Crippen molar-refractivity contribution >= 4 is 22.9 Å². The Kier molecular flexibility index (Phi) is 5.36. The zero-order valence-electron chi connectivity index (χ0n) is 15.2. The number of carbonyl (C=O) groups excluding carboxylic acids is 1. The van der Waals surface area contributed by atoms with Gasteiger partial charge in [0.25, 0.3) is 5.56 Å². The topological polar surface area (TPSA) is 83.3 Å². The number of aromatic nitrogens is 3. The van der Waals surface area contributed by atoms with Crippen LogP contribution >= 0.6 is 0 Å². The molecule has 1 fully saturated rings. The number of ketones is 1. The van der Waals surface area contributed by atoms with Crippen molar-refractivity contribution in [3.63, 3.8) is 0 Å². The van der Waals surface area contributed by atoms with Crippen LogP contribution in [-0.4, -0.2) is 39.8 Å². The van der Waals surface area contributed by atoms with E-state index in [0.29, 0.717) is 31.8 Å². The Hall–Kier alpha value is -3.16. The van der Waals surface area contributed by atoms with Gasteiger partial charge in [-0.15, -0.1) is 0 Å². The number of fused-ring (bicyclic) bond motifs is 2. The molecule has 7 nitrogen and oxygen atoms in total. The Morgan fingerprint density at radius 1 is 0.964 bits per heavy atom. The molecule has 0 bridgehead atoms. The van der Waals surface area contributed by atoms with Crippen molar-refractivity contribution in [1.82, 2.24) is 14.5 Å². The van der Waals surface area contributed by atoms with Gasteiger partial charge in [0.15, 0.2) is 12.1 Å². The second-order valence-electron chi connectivity index (χ2n) is 6.39. The van der Waals surface area contributed by atoms with Crippen molar-refractivity contribution < 1.29 is 14.3 Å². The van der Waals surface area contributed by atoms with Gasteiger partial charge in [0.2, 0.25) is 0 Å². The minimum absolute atomic E-state index is 0.0877. The third kappa shape index (κ3) is 4.05. The summed E-state index contributed by atoms with van der Waals surface area (Å²) in [4.78, 5) is 31.1. The molecule has 0 amide bonds. The highest BCUT2D eigenvalue weighted by atomic mass is 16.7. The number of hydrogen-bond acceptors (Lipinski definition) is 6. The second kappa shape index (κ2) is 8.24. The number of carbonyl (C=O) groups is 1. The minimum atomic E-state index is -0.347. The van der Waals surface area contributed by atoms with Gasteiger partial charge >= 0.3 is 0 Å². The molecule has 3 aromatic rings. The van der Waals surface area contributed by atoms with Gasteiger partial charge in [-0.25, -0.2) is 4.98 Å². The van der Waals surface area contributed by atoms with Crippen LogP contribution in [0.25, 0.3) is 17.1 Å². The highest BCUT2D eigenvalue weighted by Gasteiger charge is 2.18. The molecule has 142 valence electrons. The van der Waals surface area contributed by atoms with E-state index in [-0.39, 0.29) is 17.6 Å². The van der Waals surface area contributed by atoms with Gasteiger partial charge in [-0.3, -0.25) is 19.1 Å². The van der Waals surface area contributed by atoms with E-state index >= 15 is 0 Å². The Morgan fingerprint density at radius 2 is 1.75 bits per heavy atom. The van der Waals surface area contributed by atoms with Gasteiger partial charge in [0.1, 0.15) is 5.65 Å². The number of allylic oxidation sites excluding steroid dienone is 1. The van der Waals surface area contributed by atoms with Gasteiger partial charge in [-0.1, -0.05) is 6.07 Å². The normalized spacial score (nSPS) is 15.9. The van der Waals surface area contributed by atoms with Gasteiger partial charge < -0.3 is 9.47 Å². The Balaban J connectivity index is 0.000000151. The van der Waals surface area contributed by atoms with Crippen molar-refractivity contribution in [3.05, 3.63) is 76.5 Å². The summed E-state index contributed by atoms with van der Waals surface area (Å²) in [7, 11) is 0. The SMILES string of the molecule is O=C1C=Cc2cccnc2C1.O=c1ccc2cccnc2n1CC1OCCO1. The molecule has 0 spiro atoms. The van der Waals surface area contributed by atoms with E-state index in [9.17, 15) is 9.59 Å². The van der Waals surface area contributed by atoms with E-state index in [1.807, 2.05) is 30.3 Å². The maximum atomic E-state index is 11.8. The molecule has 2 aliphatic rings. The molecule has 4 heterocycles. The molecular formula is C21H19N3O4. The zero-order valence-corrected chi connectivity index (χ0v) is 15.2. The quantitative estimate of drug-likeness (QED) is 0.679. The minimum Gasteiger partial charge on any atom is -0.348 e. The van der Waals surface area contributed by atoms with E-state index in [1.54, 1.807) is 35.2 Å². The molecule has 1 saturated heterocycles. The Bertz CT molecular complexity index is 1080. The molecule has 28 heavy (non-hydrogen) atoms. The molecule has 0 radical (unpaired) electrons. The fourth-order valence-corrected chi connectivity index (χ4v) is 3.12. The third-order valence-electron chi connectivity index (χ3n) is 4.48. The maximum Gasteiger partial charge on any atom is 0.252 e. The number of ether oxygens (including phenoxy) is 2. The summed E-state index contributed by atoms with van der Waals surface area (Å²) in [6, 6.07) is 10.9. The number of rotatable bonds is 2. The van der Waals surface area contributed by atoms with E-state index in [2.05, 4.69) is 9.97 Å². The molecule has 5 rings (SSSR count). The average Bonchev–Trinajstić information content (AvgIpc) is 3.24. The standard InChI is InChI=1S/C12H12N2O3.C9H7NO/c15-10-4-3-9-2-1-5-13-12(9)14(10)8-11-16-6-7-17-11;11-8-4-3-7-2-1-5-10-9(7)6-8/h1-5,11H,6-8H2;1-5H,6H2. The third-order valence-corrected chi connectivity index (χ3v) is 4.48. The van der Waals surface area contributed by atoms with Crippen LogP contribution in [0.2, 0.25) is 0 Å². The number of pyridine rings is 3. The molecule has 0 N–H and O–H groups in total. The van der Waals surface area contributed by atoms with Crippen LogP contribution in [0.15, 0.2) is 59.7 Å². The highest BCUT2D eigenvalue weighted by molar-refractivity contribution is 5.97. The largest absolute Gasteiger partial charge is 0.348 e. The summed E-state index contributed by atoms with van der Waals surface area (Å²) < 4.78 is 12.3. The Morgan fingerprint density at radius 3 is 2.61 bits per heavy atom. The monoisotopic (exact) mass is 377 g/mol. The lowest BCUT2D eigenvalue weighted by Crippen LogP contribution is -2.27. The smallest absolute Gasteiger partial charge is 0.252 e. The zero-order chi connectivity index (χ0) is 19.3. The first-order chi connectivity index (χ1) is 13.7. The molecule has 0 atom stereocenters. The van der Waals surface area contributed by atoms with E-state index in [0.717, 1.165) is 16.6 Å². The van der Waals surface area contributed by atoms with Crippen molar-refractivity contribution in [3.8, 4) is 0 Å². The molecule has 0 unspecified atom stereocenters. The van der Waals surface area contributed by atoms with E-state index in [4.69, 9.17) is 9.47 Å². The first kappa shape index (κ1) is 18.2. The van der Waals surface area contributed by atoms with Gasteiger partial charge in [0.05, 0.1) is 31.9 Å². The number of hydrogen-bond donors (Lipinski definition) is 0. The van der Waals surface area contributed by atoms with Crippen molar-refractivity contribution in [2.45, 2.75) is 19.3 Å². The van der Waals surface area contributed by atoms with Crippen LogP contribution in [0.5, 0.6) is 0 Å². The first-order valence-corrected chi connectivity index (χ1v) is 9.03. The molecule has 1 aliphatic carbocycles. The molecule has 0 saturated carbocycles. The molecule has 0 aromatic carbocycles. The van der Waals surface area contributed by atoms with Crippen LogP contribution in [-0.2, 0) is 27.2 Å². The Labute approximate surface area is 161 Å². The molecule has 1 aliphatic heterocycles. The fraction of sp³-hybridized carbons (Fsp3) is 0.238. The van der Waals surface area contributed by atoms with Crippen LogP contribution in [0, 0.1) is 0 Å². The van der Waals surface area contributed by atoms with Gasteiger partial charge in [0, 0.05) is 23.8 Å². The summed E-state index contributed by atoms with van der Waals surface area (Å²) >= 11 is 0. The maximum absolute atomic E-state index is 11.8. The molecule has 3 aromatic heterocycles.